The topological polar surface area (TPSA) is 77.3 Å². The number of hydrogen-bond donors (Lipinski definition) is 0. The molecule has 2 unspecified atom stereocenters. The first-order valence-corrected chi connectivity index (χ1v) is 17.9. The molecule has 2 atom stereocenters. The molecular formula is C47H30N4O2. The van der Waals surface area contributed by atoms with Gasteiger partial charge in [0.05, 0.1) is 0 Å². The van der Waals surface area contributed by atoms with E-state index in [-0.39, 0.29) is 11.8 Å². The molecule has 1 aliphatic carbocycles. The van der Waals surface area contributed by atoms with Crippen molar-refractivity contribution in [2.75, 3.05) is 0 Å². The van der Waals surface area contributed by atoms with Crippen LogP contribution in [0.1, 0.15) is 24.2 Å². The number of aromatic nitrogens is 3. The van der Waals surface area contributed by atoms with E-state index < -0.39 is 0 Å². The maximum Gasteiger partial charge on any atom is 0.164 e. The van der Waals surface area contributed by atoms with Crippen LogP contribution in [0.3, 0.4) is 0 Å². The second kappa shape index (κ2) is 11.6. The highest BCUT2D eigenvalue weighted by Gasteiger charge is 2.32. The lowest BCUT2D eigenvalue weighted by molar-refractivity contribution is 0.465. The Bertz CT molecular complexity index is 3040. The summed E-state index contributed by atoms with van der Waals surface area (Å²) in [6.45, 7) is 2.24. The van der Waals surface area contributed by atoms with Crippen molar-refractivity contribution in [1.29, 1.82) is 0 Å². The van der Waals surface area contributed by atoms with Gasteiger partial charge in [-0.2, -0.15) is 0 Å². The Kier molecular flexibility index (Phi) is 6.49. The van der Waals surface area contributed by atoms with Gasteiger partial charge in [-0.05, 0) is 51.7 Å². The van der Waals surface area contributed by atoms with E-state index in [1.54, 1.807) is 0 Å². The van der Waals surface area contributed by atoms with Gasteiger partial charge in [0, 0.05) is 62.7 Å². The number of furan rings is 2. The third kappa shape index (κ3) is 4.59. The van der Waals surface area contributed by atoms with E-state index in [2.05, 4.69) is 90.8 Å². The summed E-state index contributed by atoms with van der Waals surface area (Å²) < 4.78 is 12.9. The maximum atomic E-state index is 6.62. The van der Waals surface area contributed by atoms with Gasteiger partial charge >= 0.3 is 0 Å². The van der Waals surface area contributed by atoms with E-state index in [0.29, 0.717) is 17.5 Å². The average molecular weight is 683 g/mol. The van der Waals surface area contributed by atoms with Gasteiger partial charge in [0.2, 0.25) is 0 Å². The van der Waals surface area contributed by atoms with Gasteiger partial charge in [0.15, 0.2) is 17.5 Å². The van der Waals surface area contributed by atoms with Gasteiger partial charge in [-0.15, -0.1) is 0 Å². The molecular weight excluding hydrogens is 653 g/mol. The summed E-state index contributed by atoms with van der Waals surface area (Å²) in [5.41, 5.74) is 9.86. The highest BCUT2D eigenvalue weighted by atomic mass is 16.3. The minimum atomic E-state index is 0.204. The quantitative estimate of drug-likeness (QED) is 0.185. The Labute approximate surface area is 304 Å². The Morgan fingerprint density at radius 3 is 1.98 bits per heavy atom. The number of nitrogens with zero attached hydrogens (tertiary/aromatic N) is 4. The van der Waals surface area contributed by atoms with Crippen molar-refractivity contribution >= 4 is 56.0 Å². The summed E-state index contributed by atoms with van der Waals surface area (Å²) in [5.74, 6) is 3.29. The molecule has 1 aliphatic heterocycles. The summed E-state index contributed by atoms with van der Waals surface area (Å²) in [5, 5.41) is 5.30. The Morgan fingerprint density at radius 2 is 1.13 bits per heavy atom. The zero-order chi connectivity index (χ0) is 35.0. The highest BCUT2D eigenvalue weighted by Crippen LogP contribution is 2.47. The van der Waals surface area contributed by atoms with E-state index in [9.17, 15) is 0 Å². The first kappa shape index (κ1) is 29.8. The van der Waals surface area contributed by atoms with Crippen LogP contribution in [-0.4, -0.2) is 21.2 Å². The molecule has 3 aromatic heterocycles. The molecule has 0 fully saturated rings. The molecule has 6 heteroatoms. The number of rotatable bonds is 4. The maximum absolute atomic E-state index is 6.62. The first-order valence-electron chi connectivity index (χ1n) is 17.9. The molecule has 0 amide bonds. The van der Waals surface area contributed by atoms with Crippen LogP contribution in [-0.2, 0) is 0 Å². The van der Waals surface area contributed by atoms with E-state index in [0.717, 1.165) is 82.8 Å². The molecule has 6 aromatic carbocycles. The molecule has 2 aliphatic rings. The van der Waals surface area contributed by atoms with Gasteiger partial charge in [0.25, 0.3) is 0 Å². The van der Waals surface area contributed by atoms with Gasteiger partial charge in [-0.3, -0.25) is 4.99 Å². The molecule has 9 aromatic rings. The van der Waals surface area contributed by atoms with Crippen molar-refractivity contribution in [3.8, 4) is 45.3 Å². The summed E-state index contributed by atoms with van der Waals surface area (Å²) >= 11 is 0. The Hall–Kier alpha value is -6.92. The fraction of sp³-hybridized carbons (Fsp3) is 0.0638. The second-order valence-electron chi connectivity index (χ2n) is 13.8. The van der Waals surface area contributed by atoms with Gasteiger partial charge in [-0.1, -0.05) is 122 Å². The lowest BCUT2D eigenvalue weighted by Crippen LogP contribution is -2.17. The molecule has 53 heavy (non-hydrogen) atoms. The van der Waals surface area contributed by atoms with Gasteiger partial charge in [-0.25, -0.2) is 15.0 Å². The van der Waals surface area contributed by atoms with Crippen molar-refractivity contribution in [1.82, 2.24) is 15.0 Å². The minimum absolute atomic E-state index is 0.204. The van der Waals surface area contributed by atoms with Crippen LogP contribution in [0.4, 0.5) is 0 Å². The smallest absolute Gasteiger partial charge is 0.164 e. The molecule has 6 nitrogen and oxygen atoms in total. The van der Waals surface area contributed by atoms with Crippen LogP contribution in [0.25, 0.3) is 95.0 Å². The number of para-hydroxylation sites is 1. The van der Waals surface area contributed by atoms with Crippen LogP contribution >= 0.6 is 0 Å². The third-order valence-corrected chi connectivity index (χ3v) is 10.8. The predicted octanol–water partition coefficient (Wildman–Crippen LogP) is 12.1. The lowest BCUT2D eigenvalue weighted by atomic mass is 9.78. The second-order valence-corrected chi connectivity index (χ2v) is 13.8. The summed E-state index contributed by atoms with van der Waals surface area (Å²) in [6.07, 6.45) is 8.31. The molecule has 0 bridgehead atoms. The monoisotopic (exact) mass is 682 g/mol. The van der Waals surface area contributed by atoms with E-state index in [1.807, 2.05) is 73.1 Å². The number of fused-ring (bicyclic) bond motifs is 8. The number of aliphatic imine (C=N–C) groups is 1. The molecule has 0 N–H and O–H groups in total. The van der Waals surface area contributed by atoms with Crippen molar-refractivity contribution < 1.29 is 8.83 Å². The zero-order valence-electron chi connectivity index (χ0n) is 28.7. The van der Waals surface area contributed by atoms with Crippen molar-refractivity contribution in [2.24, 2.45) is 10.9 Å². The van der Waals surface area contributed by atoms with Crippen LogP contribution in [0.2, 0.25) is 0 Å². The van der Waals surface area contributed by atoms with Crippen LogP contribution in [0.15, 0.2) is 159 Å². The summed E-state index contributed by atoms with van der Waals surface area (Å²) in [7, 11) is 0. The first-order chi connectivity index (χ1) is 26.2. The molecule has 0 saturated carbocycles. The molecule has 11 rings (SSSR count). The van der Waals surface area contributed by atoms with E-state index in [1.165, 1.54) is 5.57 Å². The Balaban J connectivity index is 1.13. The zero-order valence-corrected chi connectivity index (χ0v) is 28.7. The normalized spacial score (nSPS) is 16.4. The van der Waals surface area contributed by atoms with Crippen molar-refractivity contribution in [3.63, 3.8) is 0 Å². The SMILES string of the molecule is CC1c2oc3cccc(-c4cccc5c(-c6nc(-c7ccccc7)nc(-c7cccc8oc9ccccc9c78)n6)cccc45)c3c2C=C2C=NC=CC21. The largest absolute Gasteiger partial charge is 0.460 e. The average Bonchev–Trinajstić information content (AvgIpc) is 3.80. The standard InChI is InChI=1S/C47H30N4O2/c1-27-30-23-24-48-26-29(30)25-38-42-34(17-9-22-41(42)53-44(27)38)32-15-7-16-33-31(32)14-8-18-35(33)46-49-45(28-11-3-2-4-12-28)50-47(51-46)37-19-10-21-40-43(37)36-13-5-6-20-39(36)52-40/h2-27,30H,1H3. The third-order valence-electron chi connectivity index (χ3n) is 10.8. The molecule has 0 radical (unpaired) electrons. The Morgan fingerprint density at radius 1 is 0.509 bits per heavy atom. The van der Waals surface area contributed by atoms with E-state index >= 15 is 0 Å². The minimum Gasteiger partial charge on any atom is -0.460 e. The number of hydrogen-bond acceptors (Lipinski definition) is 6. The van der Waals surface area contributed by atoms with Crippen molar-refractivity contribution in [3.05, 3.63) is 157 Å². The fourth-order valence-corrected chi connectivity index (χ4v) is 8.32. The van der Waals surface area contributed by atoms with Crippen LogP contribution in [0.5, 0.6) is 0 Å². The molecule has 0 spiro atoms. The number of allylic oxidation sites excluding steroid dienone is 2. The van der Waals surface area contributed by atoms with Gasteiger partial charge in [0.1, 0.15) is 22.5 Å². The fourth-order valence-electron chi connectivity index (χ4n) is 8.32. The molecule has 0 saturated heterocycles. The lowest BCUT2D eigenvalue weighted by Gasteiger charge is -2.26. The highest BCUT2D eigenvalue weighted by molar-refractivity contribution is 6.13. The van der Waals surface area contributed by atoms with Crippen molar-refractivity contribution in [2.45, 2.75) is 12.8 Å². The summed E-state index contributed by atoms with van der Waals surface area (Å²) in [4.78, 5) is 19.9. The van der Waals surface area contributed by atoms with Gasteiger partial charge < -0.3 is 8.83 Å². The molecule has 4 heterocycles. The molecule has 250 valence electrons. The van der Waals surface area contributed by atoms with Crippen LogP contribution in [0, 0.1) is 5.92 Å². The van der Waals surface area contributed by atoms with Crippen LogP contribution < -0.4 is 0 Å². The number of benzene rings is 6. The summed E-state index contributed by atoms with van der Waals surface area (Å²) in [6, 6.07) is 43.5. The van der Waals surface area contributed by atoms with E-state index in [4.69, 9.17) is 23.8 Å². The predicted molar refractivity (Wildman–Crippen MR) is 214 cm³/mol.